The quantitative estimate of drug-likeness (QED) is 0.686. The number of rotatable bonds is 8. The fourth-order valence-corrected chi connectivity index (χ4v) is 2.49. The maximum atomic E-state index is 5.60. The largest absolute Gasteiger partial charge is 0.380 e. The lowest BCUT2D eigenvalue weighted by Gasteiger charge is -2.28. The van der Waals surface area contributed by atoms with Crippen LogP contribution in [0.2, 0.25) is 0 Å². The molecule has 0 radical (unpaired) electrons. The third-order valence-electron chi connectivity index (χ3n) is 3.97. The summed E-state index contributed by atoms with van der Waals surface area (Å²) in [5.74, 6) is 2.64. The van der Waals surface area contributed by atoms with Crippen LogP contribution in [0.25, 0.3) is 0 Å². The van der Waals surface area contributed by atoms with Crippen molar-refractivity contribution < 1.29 is 4.74 Å². The summed E-state index contributed by atoms with van der Waals surface area (Å²) in [7, 11) is 0. The predicted octanol–water partition coefficient (Wildman–Crippen LogP) is 2.83. The Balaban J connectivity index is 1.81. The van der Waals surface area contributed by atoms with Crippen molar-refractivity contribution in [3.63, 3.8) is 0 Å². The smallest absolute Gasteiger partial charge is 0.0622 e. The van der Waals surface area contributed by atoms with E-state index >= 15 is 0 Å². The van der Waals surface area contributed by atoms with Crippen LogP contribution >= 0.6 is 0 Å². The van der Waals surface area contributed by atoms with Crippen molar-refractivity contribution in [2.45, 2.75) is 58.5 Å². The van der Waals surface area contributed by atoms with Crippen LogP contribution in [0.1, 0.15) is 46.5 Å². The van der Waals surface area contributed by atoms with Crippen molar-refractivity contribution in [1.29, 1.82) is 0 Å². The minimum absolute atomic E-state index is 0.547. The van der Waals surface area contributed by atoms with E-state index in [9.17, 15) is 0 Å². The zero-order valence-corrected chi connectivity index (χ0v) is 11.0. The van der Waals surface area contributed by atoms with Crippen LogP contribution in [0, 0.1) is 17.8 Å². The molecule has 0 saturated heterocycles. The molecule has 0 spiro atoms. The molecule has 0 amide bonds. The van der Waals surface area contributed by atoms with Crippen molar-refractivity contribution in [2.24, 2.45) is 17.8 Å². The summed E-state index contributed by atoms with van der Waals surface area (Å²) in [6, 6.07) is 1.35. The van der Waals surface area contributed by atoms with Gasteiger partial charge in [0.25, 0.3) is 0 Å². The van der Waals surface area contributed by atoms with Gasteiger partial charge in [-0.25, -0.2) is 0 Å². The number of nitrogens with one attached hydrogen (secondary N) is 1. The van der Waals surface area contributed by atoms with E-state index < -0.39 is 0 Å². The summed E-state index contributed by atoms with van der Waals surface area (Å²) in [5.41, 5.74) is 0. The van der Waals surface area contributed by atoms with Crippen LogP contribution in [0.15, 0.2) is 0 Å². The lowest BCUT2D eigenvalue weighted by atomic mass is 10.0. The van der Waals surface area contributed by atoms with E-state index in [0.29, 0.717) is 12.0 Å². The lowest BCUT2D eigenvalue weighted by Crippen LogP contribution is -2.46. The second-order valence-electron chi connectivity index (χ2n) is 5.88. The van der Waals surface area contributed by atoms with Gasteiger partial charge in [0.2, 0.25) is 0 Å². The fourth-order valence-electron chi connectivity index (χ4n) is 2.49. The van der Waals surface area contributed by atoms with Gasteiger partial charge in [0.1, 0.15) is 0 Å². The van der Waals surface area contributed by atoms with Crippen molar-refractivity contribution in [1.82, 2.24) is 5.32 Å². The first kappa shape index (κ1) is 12.4. The van der Waals surface area contributed by atoms with Crippen LogP contribution in [0.5, 0.6) is 0 Å². The minimum Gasteiger partial charge on any atom is -0.380 e. The predicted molar refractivity (Wildman–Crippen MR) is 67.5 cm³/mol. The second kappa shape index (κ2) is 5.50. The van der Waals surface area contributed by atoms with Gasteiger partial charge in [-0.1, -0.05) is 13.8 Å². The molecule has 0 aromatic carbocycles. The van der Waals surface area contributed by atoms with Gasteiger partial charge in [-0.15, -0.1) is 0 Å². The first-order valence-electron chi connectivity index (χ1n) is 7.06. The molecule has 2 saturated carbocycles. The van der Waals surface area contributed by atoms with Gasteiger partial charge in [0, 0.05) is 18.7 Å². The molecular formula is C14H27NO. The normalized spacial score (nSPS) is 23.1. The van der Waals surface area contributed by atoms with E-state index in [1.807, 2.05) is 0 Å². The molecular weight excluding hydrogens is 198 g/mol. The molecule has 0 heterocycles. The average molecular weight is 225 g/mol. The number of hydrogen-bond donors (Lipinski definition) is 1. The van der Waals surface area contributed by atoms with Gasteiger partial charge in [0.15, 0.2) is 0 Å². The van der Waals surface area contributed by atoms with Crippen molar-refractivity contribution in [2.75, 3.05) is 13.2 Å². The Labute approximate surface area is 100 Å². The lowest BCUT2D eigenvalue weighted by molar-refractivity contribution is 0.1000. The van der Waals surface area contributed by atoms with Crippen LogP contribution in [0.3, 0.4) is 0 Å². The Morgan fingerprint density at radius 1 is 1.12 bits per heavy atom. The average Bonchev–Trinajstić information content (AvgIpc) is 3.11. The monoisotopic (exact) mass is 225 g/mol. The highest BCUT2D eigenvalue weighted by atomic mass is 16.5. The first-order valence-corrected chi connectivity index (χ1v) is 7.06. The van der Waals surface area contributed by atoms with Gasteiger partial charge in [-0.2, -0.15) is 0 Å². The molecule has 16 heavy (non-hydrogen) atoms. The van der Waals surface area contributed by atoms with Gasteiger partial charge < -0.3 is 10.1 Å². The Kier molecular flexibility index (Phi) is 4.26. The first-order chi connectivity index (χ1) is 7.72. The van der Waals surface area contributed by atoms with Crippen LogP contribution in [-0.4, -0.2) is 25.3 Å². The summed E-state index contributed by atoms with van der Waals surface area (Å²) in [5, 5.41) is 3.89. The maximum Gasteiger partial charge on any atom is 0.0622 e. The number of ether oxygens (including phenoxy) is 1. The molecule has 0 aromatic heterocycles. The van der Waals surface area contributed by atoms with Crippen LogP contribution in [0.4, 0.5) is 0 Å². The molecule has 0 aliphatic heterocycles. The summed E-state index contributed by atoms with van der Waals surface area (Å²) in [4.78, 5) is 0. The standard InChI is InChI=1S/C14H27NO/c1-4-16-9-13(10(2)3)15-14(11-5-6-11)12-7-8-12/h10-15H,4-9H2,1-3H3. The Morgan fingerprint density at radius 2 is 1.69 bits per heavy atom. The van der Waals surface area contributed by atoms with E-state index in [1.165, 1.54) is 25.7 Å². The molecule has 1 N–H and O–H groups in total. The van der Waals surface area contributed by atoms with Crippen LogP contribution < -0.4 is 5.32 Å². The van der Waals surface area contributed by atoms with E-state index in [4.69, 9.17) is 4.74 Å². The van der Waals surface area contributed by atoms with Crippen molar-refractivity contribution in [3.05, 3.63) is 0 Å². The minimum atomic E-state index is 0.547. The molecule has 94 valence electrons. The third kappa shape index (κ3) is 3.46. The van der Waals surface area contributed by atoms with E-state index in [1.54, 1.807) is 0 Å². The molecule has 1 atom stereocenters. The fraction of sp³-hybridized carbons (Fsp3) is 1.00. The number of hydrogen-bond acceptors (Lipinski definition) is 2. The van der Waals surface area contributed by atoms with E-state index in [0.717, 1.165) is 31.1 Å². The summed E-state index contributed by atoms with van der Waals surface area (Å²) < 4.78 is 5.60. The van der Waals surface area contributed by atoms with E-state index in [2.05, 4.69) is 26.1 Å². The highest BCUT2D eigenvalue weighted by Crippen LogP contribution is 2.44. The maximum absolute atomic E-state index is 5.60. The van der Waals surface area contributed by atoms with Crippen LogP contribution in [-0.2, 0) is 4.74 Å². The molecule has 2 aliphatic carbocycles. The summed E-state index contributed by atoms with van der Waals surface area (Å²) in [6.07, 6.45) is 5.81. The molecule has 0 bridgehead atoms. The van der Waals surface area contributed by atoms with Gasteiger partial charge in [-0.3, -0.25) is 0 Å². The SMILES string of the molecule is CCOCC(NC(C1CC1)C1CC1)C(C)C. The van der Waals surface area contributed by atoms with Gasteiger partial charge in [-0.05, 0) is 50.4 Å². The highest BCUT2D eigenvalue weighted by Gasteiger charge is 2.42. The highest BCUT2D eigenvalue weighted by molar-refractivity contribution is 4.97. The molecule has 2 nitrogen and oxygen atoms in total. The molecule has 1 unspecified atom stereocenters. The van der Waals surface area contributed by atoms with Gasteiger partial charge >= 0.3 is 0 Å². The topological polar surface area (TPSA) is 21.3 Å². The zero-order valence-electron chi connectivity index (χ0n) is 11.0. The molecule has 2 heteroatoms. The second-order valence-corrected chi connectivity index (χ2v) is 5.88. The Bertz CT molecular complexity index is 197. The molecule has 0 aromatic rings. The van der Waals surface area contributed by atoms with Crippen molar-refractivity contribution in [3.8, 4) is 0 Å². The molecule has 2 fully saturated rings. The Morgan fingerprint density at radius 3 is 2.06 bits per heavy atom. The molecule has 2 rings (SSSR count). The molecule has 2 aliphatic rings. The van der Waals surface area contributed by atoms with E-state index in [-0.39, 0.29) is 0 Å². The summed E-state index contributed by atoms with van der Waals surface area (Å²) in [6.45, 7) is 8.39. The van der Waals surface area contributed by atoms with Crippen molar-refractivity contribution >= 4 is 0 Å². The third-order valence-corrected chi connectivity index (χ3v) is 3.97. The zero-order chi connectivity index (χ0) is 11.5. The Hall–Kier alpha value is -0.0800. The summed E-state index contributed by atoms with van der Waals surface area (Å²) >= 11 is 0. The van der Waals surface area contributed by atoms with Gasteiger partial charge in [0.05, 0.1) is 6.61 Å².